The molecular formula is C14H19FN2O5S. The first kappa shape index (κ1) is 17.6. The standard InChI is InChI=1S/C14H19FN2O5S/c1-23(20,21)10-14(4-6-22-7-5-14)9-16-13-3-2-11(17(18)19)8-12(13)15/h2-3,8,16H,4-7,9-10H2,1H3. The Morgan fingerprint density at radius 1 is 1.39 bits per heavy atom. The molecule has 9 heteroatoms. The second-order valence-electron chi connectivity index (χ2n) is 5.96. The Morgan fingerprint density at radius 3 is 2.57 bits per heavy atom. The fraction of sp³-hybridized carbons (Fsp3) is 0.571. The van der Waals surface area contributed by atoms with Crippen LogP contribution < -0.4 is 5.32 Å². The molecule has 0 saturated carbocycles. The van der Waals surface area contributed by atoms with Crippen LogP contribution in [0.25, 0.3) is 0 Å². The summed E-state index contributed by atoms with van der Waals surface area (Å²) in [5.74, 6) is -0.744. The fourth-order valence-electron chi connectivity index (χ4n) is 2.78. The van der Waals surface area contributed by atoms with Crippen LogP contribution in [0.3, 0.4) is 0 Å². The van der Waals surface area contributed by atoms with Crippen molar-refractivity contribution in [2.75, 3.05) is 37.1 Å². The third-order valence-electron chi connectivity index (χ3n) is 3.94. The molecule has 0 spiro atoms. The molecular weight excluding hydrogens is 327 g/mol. The van der Waals surface area contributed by atoms with E-state index >= 15 is 0 Å². The van der Waals surface area contributed by atoms with E-state index in [1.54, 1.807) is 0 Å². The van der Waals surface area contributed by atoms with E-state index in [1.165, 1.54) is 18.4 Å². The van der Waals surface area contributed by atoms with Gasteiger partial charge in [0.2, 0.25) is 0 Å². The maximum atomic E-state index is 13.9. The molecule has 1 aromatic rings. The second kappa shape index (κ2) is 6.79. The molecule has 0 atom stereocenters. The molecule has 0 amide bonds. The fourth-order valence-corrected chi connectivity index (χ4v) is 4.28. The predicted octanol–water partition coefficient (Wildman–Crippen LogP) is 1.99. The van der Waals surface area contributed by atoms with Crippen molar-refractivity contribution in [1.29, 1.82) is 0 Å². The smallest absolute Gasteiger partial charge is 0.272 e. The molecule has 0 aromatic heterocycles. The van der Waals surface area contributed by atoms with Crippen molar-refractivity contribution in [2.24, 2.45) is 5.41 Å². The quantitative estimate of drug-likeness (QED) is 0.625. The van der Waals surface area contributed by atoms with Gasteiger partial charge in [0.15, 0.2) is 5.82 Å². The molecule has 1 heterocycles. The first-order valence-corrected chi connectivity index (χ1v) is 9.20. The van der Waals surface area contributed by atoms with Gasteiger partial charge in [-0.05, 0) is 18.9 Å². The molecule has 23 heavy (non-hydrogen) atoms. The summed E-state index contributed by atoms with van der Waals surface area (Å²) in [5.41, 5.74) is -0.736. The van der Waals surface area contributed by atoms with Crippen molar-refractivity contribution in [1.82, 2.24) is 0 Å². The van der Waals surface area contributed by atoms with E-state index in [0.717, 1.165) is 6.07 Å². The Balaban J connectivity index is 2.14. The minimum atomic E-state index is -3.19. The van der Waals surface area contributed by atoms with Gasteiger partial charge in [-0.1, -0.05) is 0 Å². The number of nitrogens with one attached hydrogen (secondary N) is 1. The zero-order valence-electron chi connectivity index (χ0n) is 12.7. The average Bonchev–Trinajstić information content (AvgIpc) is 2.45. The molecule has 1 saturated heterocycles. The Morgan fingerprint density at radius 2 is 2.04 bits per heavy atom. The summed E-state index contributed by atoms with van der Waals surface area (Å²) >= 11 is 0. The molecule has 7 nitrogen and oxygen atoms in total. The number of halogens is 1. The molecule has 1 aromatic carbocycles. The highest BCUT2D eigenvalue weighted by Crippen LogP contribution is 2.33. The minimum absolute atomic E-state index is 0.00897. The zero-order chi connectivity index (χ0) is 17.1. The molecule has 1 aliphatic rings. The number of nitro groups is 1. The highest BCUT2D eigenvalue weighted by molar-refractivity contribution is 7.90. The van der Waals surface area contributed by atoms with Crippen LogP contribution in [0.4, 0.5) is 15.8 Å². The largest absolute Gasteiger partial charge is 0.382 e. The van der Waals surface area contributed by atoms with Gasteiger partial charge in [-0.25, -0.2) is 12.8 Å². The van der Waals surface area contributed by atoms with E-state index in [-0.39, 0.29) is 23.7 Å². The van der Waals surface area contributed by atoms with Crippen LogP contribution in [-0.2, 0) is 14.6 Å². The molecule has 0 radical (unpaired) electrons. The van der Waals surface area contributed by atoms with E-state index in [9.17, 15) is 22.9 Å². The molecule has 0 unspecified atom stereocenters. The van der Waals surface area contributed by atoms with Gasteiger partial charge in [-0.15, -0.1) is 0 Å². The summed E-state index contributed by atoms with van der Waals surface area (Å²) in [6.07, 6.45) is 2.29. The number of hydrogen-bond acceptors (Lipinski definition) is 6. The lowest BCUT2D eigenvalue weighted by Crippen LogP contribution is -2.41. The van der Waals surface area contributed by atoms with Crippen LogP contribution >= 0.6 is 0 Å². The van der Waals surface area contributed by atoms with Crippen molar-refractivity contribution in [3.8, 4) is 0 Å². The lowest BCUT2D eigenvalue weighted by atomic mass is 9.82. The molecule has 1 fully saturated rings. The first-order chi connectivity index (χ1) is 10.7. The van der Waals surface area contributed by atoms with Crippen LogP contribution in [0, 0.1) is 21.3 Å². The normalized spacial score (nSPS) is 17.7. The molecule has 128 valence electrons. The number of ether oxygens (including phenoxy) is 1. The summed E-state index contributed by atoms with van der Waals surface area (Å²) in [6.45, 7) is 1.18. The van der Waals surface area contributed by atoms with E-state index < -0.39 is 26.0 Å². The number of rotatable bonds is 6. The van der Waals surface area contributed by atoms with E-state index in [0.29, 0.717) is 26.1 Å². The Bertz CT molecular complexity index is 686. The predicted molar refractivity (Wildman–Crippen MR) is 83.7 cm³/mol. The van der Waals surface area contributed by atoms with E-state index in [4.69, 9.17) is 4.74 Å². The van der Waals surface area contributed by atoms with Gasteiger partial charge in [0.25, 0.3) is 5.69 Å². The van der Waals surface area contributed by atoms with Crippen LogP contribution in [0.1, 0.15) is 12.8 Å². The second-order valence-corrected chi connectivity index (χ2v) is 8.10. The lowest BCUT2D eigenvalue weighted by molar-refractivity contribution is -0.385. The number of nitrogens with zero attached hydrogens (tertiary/aromatic N) is 1. The number of benzene rings is 1. The Labute approximate surface area is 133 Å². The summed E-state index contributed by atoms with van der Waals surface area (Å²) in [4.78, 5) is 9.95. The first-order valence-electron chi connectivity index (χ1n) is 7.14. The SMILES string of the molecule is CS(=O)(=O)CC1(CNc2ccc([N+](=O)[O-])cc2F)CCOCC1. The van der Waals surface area contributed by atoms with Gasteiger partial charge in [-0.3, -0.25) is 10.1 Å². The number of hydrogen-bond donors (Lipinski definition) is 1. The van der Waals surface area contributed by atoms with Gasteiger partial charge in [0, 0.05) is 37.5 Å². The van der Waals surface area contributed by atoms with Crippen molar-refractivity contribution < 1.29 is 22.5 Å². The van der Waals surface area contributed by atoms with Gasteiger partial charge in [-0.2, -0.15) is 0 Å². The Hall–Kier alpha value is -1.74. The summed E-state index contributed by atoms with van der Waals surface area (Å²) < 4.78 is 42.6. The molecule has 1 N–H and O–H groups in total. The van der Waals surface area contributed by atoms with Crippen molar-refractivity contribution in [3.63, 3.8) is 0 Å². The highest BCUT2D eigenvalue weighted by Gasteiger charge is 2.36. The third-order valence-corrected chi connectivity index (χ3v) is 5.08. The Kier molecular flexibility index (Phi) is 5.20. The minimum Gasteiger partial charge on any atom is -0.382 e. The van der Waals surface area contributed by atoms with Crippen molar-refractivity contribution in [3.05, 3.63) is 34.1 Å². The van der Waals surface area contributed by atoms with Gasteiger partial charge in [0.05, 0.1) is 22.4 Å². The van der Waals surface area contributed by atoms with Crippen molar-refractivity contribution >= 4 is 21.2 Å². The maximum Gasteiger partial charge on any atom is 0.272 e. The summed E-state index contributed by atoms with van der Waals surface area (Å²) in [6, 6.07) is 3.34. The number of nitro benzene ring substituents is 1. The van der Waals surface area contributed by atoms with E-state index in [1.807, 2.05) is 0 Å². The monoisotopic (exact) mass is 346 g/mol. The third kappa shape index (κ3) is 4.87. The topological polar surface area (TPSA) is 98.5 Å². The molecule has 2 rings (SSSR count). The van der Waals surface area contributed by atoms with Crippen LogP contribution in [0.2, 0.25) is 0 Å². The van der Waals surface area contributed by atoms with Gasteiger partial charge < -0.3 is 10.1 Å². The van der Waals surface area contributed by atoms with Crippen LogP contribution in [-0.4, -0.2) is 45.1 Å². The van der Waals surface area contributed by atoms with E-state index in [2.05, 4.69) is 5.32 Å². The summed E-state index contributed by atoms with van der Waals surface area (Å²) in [5, 5.41) is 13.5. The summed E-state index contributed by atoms with van der Waals surface area (Å²) in [7, 11) is -3.19. The molecule has 0 aliphatic carbocycles. The van der Waals surface area contributed by atoms with Crippen LogP contribution in [0.15, 0.2) is 18.2 Å². The van der Waals surface area contributed by atoms with Crippen LogP contribution in [0.5, 0.6) is 0 Å². The molecule has 1 aliphatic heterocycles. The number of sulfone groups is 1. The molecule has 0 bridgehead atoms. The van der Waals surface area contributed by atoms with Crippen molar-refractivity contribution in [2.45, 2.75) is 12.8 Å². The lowest BCUT2D eigenvalue weighted by Gasteiger charge is -2.37. The number of anilines is 1. The zero-order valence-corrected chi connectivity index (χ0v) is 13.6. The van der Waals surface area contributed by atoms with Gasteiger partial charge in [0.1, 0.15) is 9.84 Å². The number of non-ortho nitro benzene ring substituents is 1. The van der Waals surface area contributed by atoms with Gasteiger partial charge >= 0.3 is 0 Å². The highest BCUT2D eigenvalue weighted by atomic mass is 32.2. The average molecular weight is 346 g/mol. The maximum absolute atomic E-state index is 13.9.